The number of aromatic nitrogens is 1. The van der Waals surface area contributed by atoms with Crippen molar-refractivity contribution in [2.45, 2.75) is 5.92 Å². The normalized spacial score (nSPS) is 11.5. The number of pyridine rings is 1. The van der Waals surface area contributed by atoms with Crippen LogP contribution in [0.2, 0.25) is 0 Å². The maximum absolute atomic E-state index is 14.1. The Morgan fingerprint density at radius 1 is 1.27 bits per heavy atom. The number of carbonyl (C=O) groups is 1. The molecular weight excluding hydrogens is 487 g/mol. The van der Waals surface area contributed by atoms with E-state index < -0.39 is 23.3 Å². The fraction of sp³-hybridized carbons (Fsp3) is 0.0667. The molecule has 1 atom stereocenters. The van der Waals surface area contributed by atoms with Crippen LogP contribution >= 0.6 is 46.1 Å². The predicted octanol–water partition coefficient (Wildman–Crippen LogP) is 4.87. The van der Waals surface area contributed by atoms with E-state index in [1.54, 1.807) is 6.07 Å². The highest BCUT2D eigenvalue weighted by Crippen LogP contribution is 2.29. The van der Waals surface area contributed by atoms with Gasteiger partial charge in [-0.25, -0.2) is 8.78 Å². The molecule has 0 saturated carbocycles. The van der Waals surface area contributed by atoms with Gasteiger partial charge in [0.2, 0.25) is 5.78 Å². The molecule has 112 valence electrons. The Morgan fingerprint density at radius 3 is 2.50 bits per heavy atom. The van der Waals surface area contributed by atoms with Crippen LogP contribution < -0.4 is 0 Å². The van der Waals surface area contributed by atoms with Gasteiger partial charge in [0.25, 0.3) is 0 Å². The number of carbonyl (C=O) groups excluding carboxylic acids is 1. The first-order valence-electron chi connectivity index (χ1n) is 5.92. The van der Waals surface area contributed by atoms with Crippen molar-refractivity contribution in [3.05, 3.63) is 63.9 Å². The monoisotopic (exact) mass is 493 g/mol. The number of nitrogens with zero attached hydrogens (tertiary/aromatic N) is 1. The van der Waals surface area contributed by atoms with Gasteiger partial charge >= 0.3 is 0 Å². The molecule has 2 nitrogen and oxygen atoms in total. The first-order chi connectivity index (χ1) is 10.5. The van der Waals surface area contributed by atoms with Crippen LogP contribution in [0.5, 0.6) is 0 Å². The van der Waals surface area contributed by atoms with Gasteiger partial charge in [0, 0.05) is 37.4 Å². The first kappa shape index (κ1) is 17.4. The third kappa shape index (κ3) is 4.06. The second-order valence-corrected chi connectivity index (χ2v) is 6.73. The number of halogens is 4. The van der Waals surface area contributed by atoms with E-state index in [4.69, 9.17) is 0 Å². The average molecular weight is 494 g/mol. The van der Waals surface area contributed by atoms with Crippen molar-refractivity contribution in [1.82, 2.24) is 4.98 Å². The summed E-state index contributed by atoms with van der Waals surface area (Å²) in [5, 5.41) is 2.54. The maximum Gasteiger partial charge on any atom is 0.220 e. The molecule has 0 radical (unpaired) electrons. The van der Waals surface area contributed by atoms with Crippen LogP contribution in [-0.4, -0.2) is 10.8 Å². The second-order valence-electron chi connectivity index (χ2n) is 4.14. The summed E-state index contributed by atoms with van der Waals surface area (Å²) in [6.45, 7) is 0. The quantitative estimate of drug-likeness (QED) is 0.451. The standard InChI is InChI=1S/C15H7BrF2INOS/c16-9-4-5-12(20-8-9)15(13(21)6-7-22-19)14-10(17)2-1-3-11(14)18/h1-5,8,15H. The van der Waals surface area contributed by atoms with Crippen molar-refractivity contribution < 1.29 is 13.6 Å². The highest BCUT2D eigenvalue weighted by Gasteiger charge is 2.28. The number of Topliss-reactive ketones (excluding diaryl/α,β-unsaturated/α-hetero) is 1. The van der Waals surface area contributed by atoms with E-state index in [0.717, 1.165) is 21.1 Å². The minimum atomic E-state index is -1.20. The van der Waals surface area contributed by atoms with Crippen LogP contribution in [0, 0.1) is 22.8 Å². The number of rotatable bonds is 3. The highest BCUT2D eigenvalue weighted by atomic mass is 127. The maximum atomic E-state index is 14.1. The molecule has 2 aromatic rings. The molecule has 0 amide bonds. The molecule has 2 rings (SSSR count). The summed E-state index contributed by atoms with van der Waals surface area (Å²) >= 11 is 5.14. The molecule has 0 bridgehead atoms. The van der Waals surface area contributed by atoms with E-state index in [0.29, 0.717) is 4.47 Å². The molecule has 1 aromatic heterocycles. The van der Waals surface area contributed by atoms with E-state index in [2.05, 4.69) is 32.1 Å². The Labute approximate surface area is 150 Å². The summed E-state index contributed by atoms with van der Waals surface area (Å²) in [6, 6.07) is 6.66. The fourth-order valence-corrected chi connectivity index (χ4v) is 2.60. The van der Waals surface area contributed by atoms with E-state index in [1.165, 1.54) is 18.3 Å². The molecule has 0 aliphatic heterocycles. The Hall–Kier alpha value is -0.980. The van der Waals surface area contributed by atoms with Gasteiger partial charge in [0.15, 0.2) is 0 Å². The third-order valence-electron chi connectivity index (χ3n) is 2.81. The molecule has 7 heteroatoms. The lowest BCUT2D eigenvalue weighted by atomic mass is 9.90. The van der Waals surface area contributed by atoms with Crippen LogP contribution in [0.4, 0.5) is 8.78 Å². The minimum absolute atomic E-state index is 0.241. The molecule has 1 heterocycles. The first-order valence-corrected chi connectivity index (χ1v) is 10.1. The van der Waals surface area contributed by atoms with Gasteiger partial charge in [0.1, 0.15) is 17.6 Å². The molecule has 1 aromatic carbocycles. The number of benzene rings is 1. The van der Waals surface area contributed by atoms with Gasteiger partial charge < -0.3 is 0 Å². The molecular formula is C15H7BrF2INOS. The smallest absolute Gasteiger partial charge is 0.220 e. The Kier molecular flexibility index (Phi) is 6.35. The van der Waals surface area contributed by atoms with Gasteiger partial charge in [-0.2, -0.15) is 0 Å². The SMILES string of the molecule is O=C(C#CSI)C(c1ccc(Br)cn1)c1c(F)cccc1F. The lowest BCUT2D eigenvalue weighted by molar-refractivity contribution is -0.114. The van der Waals surface area contributed by atoms with Crippen LogP contribution in [0.15, 0.2) is 41.0 Å². The zero-order chi connectivity index (χ0) is 16.1. The molecule has 0 aliphatic carbocycles. The number of ketones is 1. The van der Waals surface area contributed by atoms with Crippen molar-refractivity contribution >= 4 is 51.9 Å². The van der Waals surface area contributed by atoms with E-state index in [9.17, 15) is 13.6 Å². The van der Waals surface area contributed by atoms with Gasteiger partial charge in [-0.15, -0.1) is 0 Å². The molecule has 0 spiro atoms. The minimum Gasteiger partial charge on any atom is -0.284 e. The summed E-state index contributed by atoms with van der Waals surface area (Å²) in [4.78, 5) is 16.4. The van der Waals surface area contributed by atoms with E-state index >= 15 is 0 Å². The van der Waals surface area contributed by atoms with Gasteiger partial charge in [0.05, 0.1) is 5.69 Å². The van der Waals surface area contributed by atoms with E-state index in [1.807, 2.05) is 21.2 Å². The van der Waals surface area contributed by atoms with Gasteiger partial charge in [-0.1, -0.05) is 6.07 Å². The molecule has 0 N–H and O–H groups in total. The lowest BCUT2D eigenvalue weighted by Gasteiger charge is -2.14. The predicted molar refractivity (Wildman–Crippen MR) is 94.5 cm³/mol. The van der Waals surface area contributed by atoms with Crippen LogP contribution in [0.25, 0.3) is 0 Å². The van der Waals surface area contributed by atoms with Crippen molar-refractivity contribution in [1.29, 1.82) is 0 Å². The number of hydrogen-bond acceptors (Lipinski definition) is 3. The van der Waals surface area contributed by atoms with E-state index in [-0.39, 0.29) is 11.3 Å². The Bertz CT molecular complexity index is 738. The van der Waals surface area contributed by atoms with Crippen LogP contribution in [0.3, 0.4) is 0 Å². The third-order valence-corrected chi connectivity index (χ3v) is 4.12. The summed E-state index contributed by atoms with van der Waals surface area (Å²) in [7, 11) is 1.12. The summed E-state index contributed by atoms with van der Waals surface area (Å²) in [5.41, 5.74) is -0.0972. The van der Waals surface area contributed by atoms with Crippen LogP contribution in [0.1, 0.15) is 17.2 Å². The highest BCUT2D eigenvalue weighted by molar-refractivity contribution is 14.2. The molecule has 22 heavy (non-hydrogen) atoms. The summed E-state index contributed by atoms with van der Waals surface area (Å²) in [6.07, 6.45) is 1.47. The van der Waals surface area contributed by atoms with Crippen molar-refractivity contribution in [2.75, 3.05) is 0 Å². The molecule has 0 aliphatic rings. The zero-order valence-corrected chi connectivity index (χ0v) is 15.4. The summed E-state index contributed by atoms with van der Waals surface area (Å²) < 4.78 is 28.8. The Balaban J connectivity index is 2.60. The molecule has 1 unspecified atom stereocenters. The number of hydrogen-bond donors (Lipinski definition) is 0. The fourth-order valence-electron chi connectivity index (χ4n) is 1.90. The molecule has 0 saturated heterocycles. The van der Waals surface area contributed by atoms with Gasteiger partial charge in [-0.3, -0.25) is 9.78 Å². The summed E-state index contributed by atoms with van der Waals surface area (Å²) in [5.74, 6) is -1.03. The lowest BCUT2D eigenvalue weighted by Crippen LogP contribution is -2.17. The second kappa shape index (κ2) is 8.04. The average Bonchev–Trinajstić information content (AvgIpc) is 2.50. The van der Waals surface area contributed by atoms with Crippen molar-refractivity contribution in [2.24, 2.45) is 0 Å². The molecule has 0 fully saturated rings. The largest absolute Gasteiger partial charge is 0.284 e. The van der Waals surface area contributed by atoms with Crippen molar-refractivity contribution in [3.8, 4) is 11.2 Å². The Morgan fingerprint density at radius 2 is 1.95 bits per heavy atom. The topological polar surface area (TPSA) is 30.0 Å². The van der Waals surface area contributed by atoms with Gasteiger partial charge in [-0.05, 0) is 60.3 Å². The van der Waals surface area contributed by atoms with Crippen LogP contribution in [-0.2, 0) is 4.79 Å². The zero-order valence-electron chi connectivity index (χ0n) is 10.8. The van der Waals surface area contributed by atoms with Crippen molar-refractivity contribution in [3.63, 3.8) is 0 Å².